The molecule has 0 spiro atoms. The van der Waals surface area contributed by atoms with Crippen LogP contribution in [0.15, 0.2) is 194 Å². The average Bonchev–Trinajstić information content (AvgIpc) is 3.69. The summed E-state index contributed by atoms with van der Waals surface area (Å²) in [6.07, 6.45) is 2.30. The van der Waals surface area contributed by atoms with Crippen molar-refractivity contribution in [2.75, 3.05) is 4.90 Å². The third-order valence-corrected chi connectivity index (χ3v) is 11.2. The standard InChI is InChI=1S/C51H38N2/c1-51(2)48-23-12-11-22-44(48)45-33-43(28-29-49(45)51)53(41-20-7-4-8-21-41)42-26-24-35(25-27-42)36-16-13-17-39(30-36)47-34-52(40-18-5-3-6-19-40)50-32-38-15-10-9-14-37(38)31-46(47)50/h3-34H,1-2H3. The van der Waals surface area contributed by atoms with Gasteiger partial charge >= 0.3 is 0 Å². The monoisotopic (exact) mass is 678 g/mol. The van der Waals surface area contributed by atoms with Gasteiger partial charge in [0.15, 0.2) is 0 Å². The number of hydrogen-bond donors (Lipinski definition) is 0. The molecule has 0 N–H and O–H groups in total. The predicted octanol–water partition coefficient (Wildman–Crippen LogP) is 13.9. The average molecular weight is 679 g/mol. The van der Waals surface area contributed by atoms with E-state index in [0.29, 0.717) is 0 Å². The van der Waals surface area contributed by atoms with Crippen molar-refractivity contribution >= 4 is 38.7 Å². The molecule has 53 heavy (non-hydrogen) atoms. The number of para-hydroxylation sites is 2. The number of nitrogens with zero attached hydrogens (tertiary/aromatic N) is 2. The van der Waals surface area contributed by atoms with Gasteiger partial charge in [0.1, 0.15) is 0 Å². The Labute approximate surface area is 310 Å². The van der Waals surface area contributed by atoms with Crippen LogP contribution >= 0.6 is 0 Å². The fourth-order valence-electron chi connectivity index (χ4n) is 8.48. The molecular weight excluding hydrogens is 641 g/mol. The maximum Gasteiger partial charge on any atom is 0.0541 e. The fourth-order valence-corrected chi connectivity index (χ4v) is 8.48. The molecule has 2 heteroatoms. The van der Waals surface area contributed by atoms with Crippen LogP contribution in [0.4, 0.5) is 17.1 Å². The lowest BCUT2D eigenvalue weighted by atomic mass is 9.82. The molecule has 0 amide bonds. The second-order valence-corrected chi connectivity index (χ2v) is 14.7. The minimum Gasteiger partial charge on any atom is -0.316 e. The maximum atomic E-state index is 2.38. The predicted molar refractivity (Wildman–Crippen MR) is 224 cm³/mol. The number of anilines is 3. The fraction of sp³-hybridized carbons (Fsp3) is 0.0588. The van der Waals surface area contributed by atoms with E-state index < -0.39 is 0 Å². The molecule has 0 aliphatic heterocycles. The number of hydrogen-bond acceptors (Lipinski definition) is 1. The van der Waals surface area contributed by atoms with Crippen molar-refractivity contribution < 1.29 is 0 Å². The van der Waals surface area contributed by atoms with Gasteiger partial charge < -0.3 is 9.47 Å². The number of fused-ring (bicyclic) bond motifs is 5. The molecule has 0 radical (unpaired) electrons. The maximum absolute atomic E-state index is 2.38. The summed E-state index contributed by atoms with van der Waals surface area (Å²) >= 11 is 0. The first kappa shape index (κ1) is 31.1. The van der Waals surface area contributed by atoms with Crippen LogP contribution in [0.25, 0.3) is 60.7 Å². The van der Waals surface area contributed by atoms with Crippen LogP contribution in [-0.2, 0) is 5.41 Å². The molecule has 0 unspecified atom stereocenters. The third-order valence-electron chi connectivity index (χ3n) is 11.2. The number of rotatable bonds is 6. The van der Waals surface area contributed by atoms with E-state index in [0.717, 1.165) is 22.7 Å². The van der Waals surface area contributed by atoms with Gasteiger partial charge in [-0.1, -0.05) is 135 Å². The molecule has 0 saturated carbocycles. The topological polar surface area (TPSA) is 8.17 Å². The molecule has 252 valence electrons. The molecule has 1 aliphatic rings. The highest BCUT2D eigenvalue weighted by molar-refractivity contribution is 6.05. The van der Waals surface area contributed by atoms with E-state index in [2.05, 4.69) is 218 Å². The van der Waals surface area contributed by atoms with Crippen LogP contribution in [0.1, 0.15) is 25.0 Å². The van der Waals surface area contributed by atoms with E-state index in [1.165, 1.54) is 66.2 Å². The summed E-state index contributed by atoms with van der Waals surface area (Å²) in [4.78, 5) is 2.37. The van der Waals surface area contributed by atoms with Crippen molar-refractivity contribution in [3.05, 3.63) is 205 Å². The summed E-state index contributed by atoms with van der Waals surface area (Å²) in [5.41, 5.74) is 16.0. The largest absolute Gasteiger partial charge is 0.316 e. The molecule has 0 saturated heterocycles. The molecule has 1 aliphatic carbocycles. The van der Waals surface area contributed by atoms with E-state index >= 15 is 0 Å². The number of aromatic nitrogens is 1. The van der Waals surface area contributed by atoms with E-state index in [9.17, 15) is 0 Å². The molecule has 8 aromatic carbocycles. The molecule has 10 rings (SSSR count). The quantitative estimate of drug-likeness (QED) is 0.170. The normalized spacial score (nSPS) is 12.9. The van der Waals surface area contributed by atoms with Crippen LogP contribution in [0, 0.1) is 0 Å². The Kier molecular flexibility index (Phi) is 7.19. The Morgan fingerprint density at radius 3 is 1.83 bits per heavy atom. The van der Waals surface area contributed by atoms with E-state index in [1.807, 2.05) is 0 Å². The lowest BCUT2D eigenvalue weighted by Gasteiger charge is -2.27. The lowest BCUT2D eigenvalue weighted by Crippen LogP contribution is -2.15. The second kappa shape index (κ2) is 12.3. The summed E-state index contributed by atoms with van der Waals surface area (Å²) in [5.74, 6) is 0. The summed E-state index contributed by atoms with van der Waals surface area (Å²) in [5, 5.41) is 3.74. The van der Waals surface area contributed by atoms with E-state index in [4.69, 9.17) is 0 Å². The lowest BCUT2D eigenvalue weighted by molar-refractivity contribution is 0.660. The first-order valence-corrected chi connectivity index (χ1v) is 18.4. The molecule has 0 fully saturated rings. The molecule has 0 atom stereocenters. The molecule has 2 nitrogen and oxygen atoms in total. The van der Waals surface area contributed by atoms with Crippen molar-refractivity contribution in [3.63, 3.8) is 0 Å². The van der Waals surface area contributed by atoms with Gasteiger partial charge in [-0.05, 0) is 116 Å². The molecule has 1 aromatic heterocycles. The van der Waals surface area contributed by atoms with Crippen LogP contribution in [-0.4, -0.2) is 4.57 Å². The third kappa shape index (κ3) is 5.18. The van der Waals surface area contributed by atoms with E-state index in [-0.39, 0.29) is 5.41 Å². The highest BCUT2D eigenvalue weighted by Crippen LogP contribution is 2.50. The van der Waals surface area contributed by atoms with Crippen molar-refractivity contribution in [2.45, 2.75) is 19.3 Å². The van der Waals surface area contributed by atoms with Crippen LogP contribution < -0.4 is 4.90 Å². The van der Waals surface area contributed by atoms with Crippen LogP contribution in [0.3, 0.4) is 0 Å². The Bertz CT molecular complexity index is 2790. The van der Waals surface area contributed by atoms with Crippen LogP contribution in [0.2, 0.25) is 0 Å². The van der Waals surface area contributed by atoms with Gasteiger partial charge in [-0.15, -0.1) is 0 Å². The van der Waals surface area contributed by atoms with Crippen molar-refractivity contribution in [1.29, 1.82) is 0 Å². The van der Waals surface area contributed by atoms with E-state index in [1.54, 1.807) is 0 Å². The zero-order chi connectivity index (χ0) is 35.5. The number of benzene rings is 8. The van der Waals surface area contributed by atoms with Crippen molar-refractivity contribution in [1.82, 2.24) is 4.57 Å². The second-order valence-electron chi connectivity index (χ2n) is 14.7. The van der Waals surface area contributed by atoms with Crippen molar-refractivity contribution in [3.8, 4) is 39.1 Å². The minimum absolute atomic E-state index is 0.0253. The molecule has 1 heterocycles. The first-order chi connectivity index (χ1) is 26.0. The highest BCUT2D eigenvalue weighted by atomic mass is 15.1. The SMILES string of the molecule is CC1(C)c2ccccc2-c2cc(N(c3ccccc3)c3ccc(-c4cccc(-c5cn(-c6ccccc6)c6cc7ccccc7cc56)c4)cc3)ccc21. The van der Waals surface area contributed by atoms with Gasteiger partial charge in [0.2, 0.25) is 0 Å². The minimum atomic E-state index is -0.0253. The van der Waals surface area contributed by atoms with Gasteiger partial charge in [-0.2, -0.15) is 0 Å². The van der Waals surface area contributed by atoms with Gasteiger partial charge in [0, 0.05) is 45.3 Å². The van der Waals surface area contributed by atoms with Gasteiger partial charge in [0.05, 0.1) is 5.52 Å². The Morgan fingerprint density at radius 1 is 0.415 bits per heavy atom. The zero-order valence-electron chi connectivity index (χ0n) is 29.9. The zero-order valence-corrected chi connectivity index (χ0v) is 29.9. The smallest absolute Gasteiger partial charge is 0.0541 e. The van der Waals surface area contributed by atoms with Gasteiger partial charge in [0.25, 0.3) is 0 Å². The first-order valence-electron chi connectivity index (χ1n) is 18.4. The Hall–Kier alpha value is -6.64. The van der Waals surface area contributed by atoms with Crippen molar-refractivity contribution in [2.24, 2.45) is 0 Å². The summed E-state index contributed by atoms with van der Waals surface area (Å²) in [6.45, 7) is 4.67. The van der Waals surface area contributed by atoms with Gasteiger partial charge in [-0.3, -0.25) is 0 Å². The highest BCUT2D eigenvalue weighted by Gasteiger charge is 2.35. The van der Waals surface area contributed by atoms with Crippen LogP contribution in [0.5, 0.6) is 0 Å². The molecule has 0 bridgehead atoms. The summed E-state index contributed by atoms with van der Waals surface area (Å²) in [6, 6.07) is 68.5. The Morgan fingerprint density at radius 2 is 1.04 bits per heavy atom. The molecule has 9 aromatic rings. The summed E-state index contributed by atoms with van der Waals surface area (Å²) in [7, 11) is 0. The Balaban J connectivity index is 1.05. The van der Waals surface area contributed by atoms with Gasteiger partial charge in [-0.25, -0.2) is 0 Å². The summed E-state index contributed by atoms with van der Waals surface area (Å²) < 4.78 is 2.33. The molecular formula is C51H38N2.